The fourth-order valence-electron chi connectivity index (χ4n) is 3.93. The van der Waals surface area contributed by atoms with Gasteiger partial charge >= 0.3 is 0 Å². The lowest BCUT2D eigenvalue weighted by molar-refractivity contribution is -0.131. The van der Waals surface area contributed by atoms with Crippen molar-refractivity contribution in [1.29, 1.82) is 0 Å². The van der Waals surface area contributed by atoms with Gasteiger partial charge in [-0.2, -0.15) is 5.10 Å². The Morgan fingerprint density at radius 2 is 2.13 bits per heavy atom. The van der Waals surface area contributed by atoms with Crippen molar-refractivity contribution in [3.8, 4) is 11.5 Å². The van der Waals surface area contributed by atoms with Gasteiger partial charge < -0.3 is 20.1 Å². The maximum absolute atomic E-state index is 12.5. The summed E-state index contributed by atoms with van der Waals surface area (Å²) in [6.45, 7) is 2.59. The first-order chi connectivity index (χ1) is 15.0. The highest BCUT2D eigenvalue weighted by atomic mass is 16.7. The van der Waals surface area contributed by atoms with Crippen molar-refractivity contribution in [3.05, 3.63) is 41.6 Å². The molecule has 162 valence electrons. The topological polar surface area (TPSA) is 122 Å². The molecule has 2 saturated heterocycles. The van der Waals surface area contributed by atoms with Crippen LogP contribution >= 0.6 is 0 Å². The van der Waals surface area contributed by atoms with Crippen LogP contribution < -0.4 is 30.8 Å². The Kier molecular flexibility index (Phi) is 4.85. The second kappa shape index (κ2) is 7.69. The summed E-state index contributed by atoms with van der Waals surface area (Å²) in [4.78, 5) is 25.1. The van der Waals surface area contributed by atoms with E-state index >= 15 is 0 Å². The third-order valence-corrected chi connectivity index (χ3v) is 5.48. The predicted octanol–water partition coefficient (Wildman–Crippen LogP) is 0.140. The van der Waals surface area contributed by atoms with Crippen molar-refractivity contribution in [2.45, 2.75) is 19.4 Å². The Morgan fingerprint density at radius 1 is 1.29 bits per heavy atom. The Balaban J connectivity index is 1.30. The molecule has 0 radical (unpaired) electrons. The fourth-order valence-corrected chi connectivity index (χ4v) is 3.93. The van der Waals surface area contributed by atoms with Gasteiger partial charge in [0.1, 0.15) is 5.82 Å². The lowest BCUT2D eigenvalue weighted by Crippen LogP contribution is -2.61. The van der Waals surface area contributed by atoms with Crippen LogP contribution in [-0.2, 0) is 9.59 Å². The van der Waals surface area contributed by atoms with Crippen molar-refractivity contribution in [1.82, 2.24) is 30.8 Å². The van der Waals surface area contributed by atoms with E-state index in [0.29, 0.717) is 29.6 Å². The Hall–Kier alpha value is -3.41. The maximum atomic E-state index is 12.5. The monoisotopic (exact) mass is 425 g/mol. The van der Waals surface area contributed by atoms with Gasteiger partial charge in [0.2, 0.25) is 18.6 Å². The number of nitrogens with zero attached hydrogens (tertiary/aromatic N) is 3. The molecule has 0 bridgehead atoms. The molecule has 2 fully saturated rings. The number of anilines is 1. The van der Waals surface area contributed by atoms with Crippen molar-refractivity contribution in [2.24, 2.45) is 5.92 Å². The summed E-state index contributed by atoms with van der Waals surface area (Å²) in [6, 6.07) is 7.21. The average Bonchev–Trinajstić information content (AvgIpc) is 3.45. The molecule has 4 N–H and O–H groups in total. The molecular formula is C20H23N7O4. The zero-order valence-electron chi connectivity index (χ0n) is 17.1. The molecule has 5 rings (SSSR count). The van der Waals surface area contributed by atoms with E-state index in [1.54, 1.807) is 22.9 Å². The van der Waals surface area contributed by atoms with Crippen LogP contribution in [0.25, 0.3) is 6.08 Å². The number of benzene rings is 1. The van der Waals surface area contributed by atoms with Gasteiger partial charge in [-0.1, -0.05) is 6.07 Å². The lowest BCUT2D eigenvalue weighted by atomic mass is 10.1. The number of amides is 2. The summed E-state index contributed by atoms with van der Waals surface area (Å²) in [7, 11) is 1.88. The molecule has 3 aliphatic heterocycles. The van der Waals surface area contributed by atoms with Crippen LogP contribution in [0.2, 0.25) is 0 Å². The number of hydrogen-bond donors (Lipinski definition) is 4. The van der Waals surface area contributed by atoms with Crippen LogP contribution in [0.1, 0.15) is 17.5 Å². The fraction of sp³-hybridized carbons (Fsp3) is 0.350. The SMILES string of the molecule is Cc1cc(NC(=O)/C=C\c2ccc3c(c2)OCO3)n(C2NC(=O)C3CNN(C)C3N2)n1. The maximum Gasteiger partial charge on any atom is 0.249 e. The number of nitrogens with one attached hydrogen (secondary N) is 4. The number of hydrogen-bond acceptors (Lipinski definition) is 8. The quantitative estimate of drug-likeness (QED) is 0.511. The molecule has 3 atom stereocenters. The van der Waals surface area contributed by atoms with E-state index in [0.717, 1.165) is 5.56 Å². The molecule has 0 saturated carbocycles. The van der Waals surface area contributed by atoms with Crippen LogP contribution in [0, 0.1) is 12.8 Å². The van der Waals surface area contributed by atoms with Gasteiger partial charge in [-0.25, -0.2) is 9.69 Å². The number of aryl methyl sites for hydroxylation is 1. The first-order valence-corrected chi connectivity index (χ1v) is 9.95. The Bertz CT molecular complexity index is 1070. The second-order valence-corrected chi connectivity index (χ2v) is 7.65. The molecule has 11 nitrogen and oxygen atoms in total. The number of carbonyl (C=O) groups excluding carboxylic acids is 2. The molecule has 4 heterocycles. The lowest BCUT2D eigenvalue weighted by Gasteiger charge is -2.35. The Labute approximate surface area is 178 Å². The minimum Gasteiger partial charge on any atom is -0.454 e. The summed E-state index contributed by atoms with van der Waals surface area (Å²) >= 11 is 0. The van der Waals surface area contributed by atoms with Crippen LogP contribution in [0.15, 0.2) is 30.3 Å². The molecule has 3 unspecified atom stereocenters. The number of rotatable bonds is 4. The van der Waals surface area contributed by atoms with Crippen molar-refractivity contribution >= 4 is 23.7 Å². The molecule has 2 aromatic rings. The van der Waals surface area contributed by atoms with E-state index in [-0.39, 0.29) is 30.7 Å². The third kappa shape index (κ3) is 3.74. The molecule has 2 amide bonds. The molecule has 11 heteroatoms. The normalized spacial score (nSPS) is 25.0. The molecule has 0 aliphatic carbocycles. The molecular weight excluding hydrogens is 402 g/mol. The minimum atomic E-state index is -0.585. The molecule has 3 aliphatic rings. The summed E-state index contributed by atoms with van der Waals surface area (Å²) in [5, 5.41) is 15.4. The van der Waals surface area contributed by atoms with Crippen LogP contribution in [0.4, 0.5) is 5.82 Å². The van der Waals surface area contributed by atoms with Crippen LogP contribution in [0.5, 0.6) is 11.5 Å². The largest absolute Gasteiger partial charge is 0.454 e. The van der Waals surface area contributed by atoms with E-state index in [9.17, 15) is 9.59 Å². The van der Waals surface area contributed by atoms with E-state index in [1.165, 1.54) is 6.08 Å². The number of aromatic nitrogens is 2. The number of carbonyl (C=O) groups is 2. The van der Waals surface area contributed by atoms with Crippen LogP contribution in [0.3, 0.4) is 0 Å². The zero-order valence-corrected chi connectivity index (χ0v) is 17.1. The molecule has 0 spiro atoms. The van der Waals surface area contributed by atoms with Gasteiger partial charge in [0.15, 0.2) is 17.8 Å². The first kappa shape index (κ1) is 19.5. The molecule has 1 aromatic carbocycles. The smallest absolute Gasteiger partial charge is 0.249 e. The van der Waals surface area contributed by atoms with E-state index in [4.69, 9.17) is 9.47 Å². The van der Waals surface area contributed by atoms with Crippen molar-refractivity contribution in [3.63, 3.8) is 0 Å². The predicted molar refractivity (Wildman–Crippen MR) is 111 cm³/mol. The molecule has 1 aromatic heterocycles. The van der Waals surface area contributed by atoms with E-state index < -0.39 is 6.29 Å². The number of fused-ring (bicyclic) bond motifs is 2. The molecule has 31 heavy (non-hydrogen) atoms. The highest BCUT2D eigenvalue weighted by Gasteiger charge is 2.43. The van der Waals surface area contributed by atoms with E-state index in [1.807, 2.05) is 31.1 Å². The van der Waals surface area contributed by atoms with Crippen LogP contribution in [-0.4, -0.2) is 53.2 Å². The first-order valence-electron chi connectivity index (χ1n) is 9.95. The van der Waals surface area contributed by atoms with Gasteiger partial charge in [-0.3, -0.25) is 20.3 Å². The van der Waals surface area contributed by atoms with Gasteiger partial charge in [0, 0.05) is 25.7 Å². The highest BCUT2D eigenvalue weighted by Crippen LogP contribution is 2.32. The van der Waals surface area contributed by atoms with E-state index in [2.05, 4.69) is 26.5 Å². The average molecular weight is 425 g/mol. The standard InChI is InChI=1S/C20H23N7O4/c1-11-7-16(22-17(28)6-4-12-3-5-14-15(8-12)31-10-30-14)27(25-11)20-23-18-13(19(29)24-20)9-21-26(18)2/h3-8,13,18,20-21,23H,9-10H2,1-2H3,(H,22,28)(H,24,29)/b6-4-. The van der Waals surface area contributed by atoms with Crippen molar-refractivity contribution < 1.29 is 19.1 Å². The second-order valence-electron chi connectivity index (χ2n) is 7.65. The highest BCUT2D eigenvalue weighted by molar-refractivity contribution is 6.01. The Morgan fingerprint density at radius 3 is 3.00 bits per heavy atom. The van der Waals surface area contributed by atoms with Gasteiger partial charge in [0.25, 0.3) is 0 Å². The van der Waals surface area contributed by atoms with Gasteiger partial charge in [-0.15, -0.1) is 0 Å². The summed E-state index contributed by atoms with van der Waals surface area (Å²) < 4.78 is 12.2. The number of hydrazine groups is 1. The minimum absolute atomic E-state index is 0.0706. The third-order valence-electron chi connectivity index (χ3n) is 5.48. The van der Waals surface area contributed by atoms with Gasteiger partial charge in [0.05, 0.1) is 17.8 Å². The van der Waals surface area contributed by atoms with Crippen molar-refractivity contribution in [2.75, 3.05) is 25.7 Å². The zero-order chi connectivity index (χ0) is 21.5. The number of ether oxygens (including phenoxy) is 2. The summed E-state index contributed by atoms with van der Waals surface area (Å²) in [5.74, 6) is 1.23. The van der Waals surface area contributed by atoms with Gasteiger partial charge in [-0.05, 0) is 30.7 Å². The summed E-state index contributed by atoms with van der Waals surface area (Å²) in [6.07, 6.45) is 2.37. The summed E-state index contributed by atoms with van der Waals surface area (Å²) in [5.41, 5.74) is 4.68.